The Morgan fingerprint density at radius 1 is 1.12 bits per heavy atom. The first-order valence-corrected chi connectivity index (χ1v) is 10.9. The van der Waals surface area contributed by atoms with Crippen LogP contribution < -0.4 is 4.80 Å². The summed E-state index contributed by atoms with van der Waals surface area (Å²) in [5.41, 5.74) is 0.0705. The molecule has 0 spiro atoms. The van der Waals surface area contributed by atoms with E-state index in [-0.39, 0.29) is 40.7 Å². The summed E-state index contributed by atoms with van der Waals surface area (Å²) in [5.74, 6) is -1.98. The molecule has 12 heteroatoms. The fourth-order valence-electron chi connectivity index (χ4n) is 2.97. The first-order valence-electron chi connectivity index (χ1n) is 9.74. The third-order valence-electron chi connectivity index (χ3n) is 4.37. The quantitative estimate of drug-likeness (QED) is 0.279. The number of amides is 1. The Balaban J connectivity index is 2.17. The summed E-state index contributed by atoms with van der Waals surface area (Å²) >= 11 is 6.95. The normalized spacial score (nSPS) is 11.4. The second-order valence-electron chi connectivity index (χ2n) is 6.51. The molecule has 2 aromatic carbocycles. The molecule has 0 unspecified atom stereocenters. The molecule has 0 radical (unpaired) electrons. The van der Waals surface area contributed by atoms with Crippen molar-refractivity contribution in [3.8, 4) is 0 Å². The maximum Gasteiger partial charge on any atom is 0.338 e. The average molecular weight is 492 g/mol. The molecule has 10 nitrogen and oxygen atoms in total. The number of nitro groups is 1. The van der Waals surface area contributed by atoms with Crippen molar-refractivity contribution in [2.24, 2.45) is 4.99 Å². The van der Waals surface area contributed by atoms with Crippen LogP contribution in [0.5, 0.6) is 0 Å². The number of halogens is 1. The van der Waals surface area contributed by atoms with Crippen LogP contribution in [0.3, 0.4) is 0 Å². The monoisotopic (exact) mass is 491 g/mol. The van der Waals surface area contributed by atoms with E-state index in [2.05, 4.69) is 4.99 Å². The number of nitro benzene ring substituents is 1. The highest BCUT2D eigenvalue weighted by molar-refractivity contribution is 7.16. The topological polar surface area (TPSA) is 130 Å². The van der Waals surface area contributed by atoms with Crippen molar-refractivity contribution in [1.29, 1.82) is 0 Å². The molecule has 3 aromatic rings. The van der Waals surface area contributed by atoms with Crippen molar-refractivity contribution in [3.05, 3.63) is 67.5 Å². The zero-order chi connectivity index (χ0) is 24.1. The standard InChI is InChI=1S/C21H18ClN3O7S/c1-3-31-18(26)11-24-16-7-5-12(20(28)32-4-2)9-17(16)33-21(24)23-19(27)14-10-13(22)6-8-15(14)25(29)30/h5-10H,3-4,11H2,1-2H3. The van der Waals surface area contributed by atoms with Gasteiger partial charge in [-0.15, -0.1) is 0 Å². The predicted octanol–water partition coefficient (Wildman–Crippen LogP) is 3.75. The van der Waals surface area contributed by atoms with Crippen LogP contribution in [0.25, 0.3) is 10.2 Å². The lowest BCUT2D eigenvalue weighted by molar-refractivity contribution is -0.385. The summed E-state index contributed by atoms with van der Waals surface area (Å²) in [6.45, 7) is 3.46. The second kappa shape index (κ2) is 10.4. The van der Waals surface area contributed by atoms with E-state index in [0.717, 1.165) is 23.5 Å². The van der Waals surface area contributed by atoms with Crippen LogP contribution in [-0.4, -0.2) is 40.5 Å². The molecule has 0 saturated heterocycles. The number of thiazole rings is 1. The van der Waals surface area contributed by atoms with E-state index in [9.17, 15) is 24.5 Å². The van der Waals surface area contributed by atoms with Gasteiger partial charge in [0.25, 0.3) is 11.6 Å². The summed E-state index contributed by atoms with van der Waals surface area (Å²) in [4.78, 5) is 51.9. The molecule has 0 atom stereocenters. The first-order chi connectivity index (χ1) is 15.7. The van der Waals surface area contributed by atoms with Crippen LogP contribution in [0, 0.1) is 10.1 Å². The number of ether oxygens (including phenoxy) is 2. The Hall–Kier alpha value is -3.57. The minimum Gasteiger partial charge on any atom is -0.465 e. The van der Waals surface area contributed by atoms with Crippen molar-refractivity contribution in [1.82, 2.24) is 4.57 Å². The molecule has 172 valence electrons. The van der Waals surface area contributed by atoms with Crippen molar-refractivity contribution in [2.45, 2.75) is 20.4 Å². The summed E-state index contributed by atoms with van der Waals surface area (Å²) in [5, 5.41) is 11.5. The number of aromatic nitrogens is 1. The average Bonchev–Trinajstić information content (AvgIpc) is 3.09. The molecule has 33 heavy (non-hydrogen) atoms. The van der Waals surface area contributed by atoms with Gasteiger partial charge in [-0.2, -0.15) is 4.99 Å². The van der Waals surface area contributed by atoms with Gasteiger partial charge in [0.05, 0.1) is 33.9 Å². The van der Waals surface area contributed by atoms with Crippen LogP contribution in [0.4, 0.5) is 5.69 Å². The Labute approximate surface area is 196 Å². The van der Waals surface area contributed by atoms with Crippen molar-refractivity contribution >= 4 is 56.7 Å². The number of rotatable bonds is 7. The fraction of sp³-hybridized carbons (Fsp3) is 0.238. The van der Waals surface area contributed by atoms with Crippen LogP contribution in [-0.2, 0) is 20.8 Å². The number of fused-ring (bicyclic) bond motifs is 1. The highest BCUT2D eigenvalue weighted by Crippen LogP contribution is 2.24. The molecule has 1 heterocycles. The van der Waals surface area contributed by atoms with E-state index in [1.54, 1.807) is 26.0 Å². The molecule has 3 rings (SSSR count). The largest absolute Gasteiger partial charge is 0.465 e. The molecule has 0 N–H and O–H groups in total. The maximum atomic E-state index is 12.9. The minimum absolute atomic E-state index is 0.0957. The first kappa shape index (κ1) is 24.1. The Kier molecular flexibility index (Phi) is 7.56. The van der Waals surface area contributed by atoms with Gasteiger partial charge < -0.3 is 14.0 Å². The van der Waals surface area contributed by atoms with E-state index in [1.165, 1.54) is 16.7 Å². The molecule has 1 amide bonds. The number of hydrogen-bond donors (Lipinski definition) is 0. The van der Waals surface area contributed by atoms with Gasteiger partial charge in [-0.3, -0.25) is 19.7 Å². The summed E-state index contributed by atoms with van der Waals surface area (Å²) < 4.78 is 12.0. The molecule has 0 aliphatic carbocycles. The maximum absolute atomic E-state index is 12.9. The number of nitrogens with zero attached hydrogens (tertiary/aromatic N) is 3. The Bertz CT molecular complexity index is 1330. The van der Waals surface area contributed by atoms with Gasteiger partial charge >= 0.3 is 11.9 Å². The number of carbonyl (C=O) groups is 3. The van der Waals surface area contributed by atoms with Crippen LogP contribution >= 0.6 is 22.9 Å². The van der Waals surface area contributed by atoms with E-state index in [0.29, 0.717) is 10.2 Å². The van der Waals surface area contributed by atoms with Crippen molar-refractivity contribution in [2.75, 3.05) is 13.2 Å². The zero-order valence-electron chi connectivity index (χ0n) is 17.6. The minimum atomic E-state index is -0.904. The number of carbonyl (C=O) groups excluding carboxylic acids is 3. The van der Waals surface area contributed by atoms with Crippen molar-refractivity contribution in [3.63, 3.8) is 0 Å². The highest BCUT2D eigenvalue weighted by Gasteiger charge is 2.21. The zero-order valence-corrected chi connectivity index (χ0v) is 19.1. The fourth-order valence-corrected chi connectivity index (χ4v) is 4.21. The molecular formula is C21H18ClN3O7S. The van der Waals surface area contributed by atoms with E-state index in [4.69, 9.17) is 21.1 Å². The lowest BCUT2D eigenvalue weighted by Crippen LogP contribution is -2.23. The van der Waals surface area contributed by atoms with Gasteiger partial charge in [-0.25, -0.2) is 4.79 Å². The SMILES string of the molecule is CCOC(=O)Cn1c(=NC(=O)c2cc(Cl)ccc2[N+](=O)[O-])sc2cc(C(=O)OCC)ccc21. The smallest absolute Gasteiger partial charge is 0.338 e. The van der Waals surface area contributed by atoms with E-state index >= 15 is 0 Å². The molecule has 0 aliphatic heterocycles. The summed E-state index contributed by atoms with van der Waals surface area (Å²) in [6.07, 6.45) is 0. The van der Waals surface area contributed by atoms with Gasteiger partial charge in [0.2, 0.25) is 0 Å². The van der Waals surface area contributed by atoms with Gasteiger partial charge in [0, 0.05) is 11.1 Å². The van der Waals surface area contributed by atoms with E-state index in [1.807, 2.05) is 0 Å². The van der Waals surface area contributed by atoms with Gasteiger partial charge in [0.15, 0.2) is 4.80 Å². The lowest BCUT2D eigenvalue weighted by Gasteiger charge is -2.06. The Morgan fingerprint density at radius 3 is 2.52 bits per heavy atom. The molecular weight excluding hydrogens is 474 g/mol. The molecule has 0 bridgehead atoms. The highest BCUT2D eigenvalue weighted by atomic mass is 35.5. The molecule has 0 aliphatic rings. The van der Waals surface area contributed by atoms with Gasteiger partial charge in [-0.1, -0.05) is 22.9 Å². The third kappa shape index (κ3) is 5.44. The number of esters is 2. The van der Waals surface area contributed by atoms with Gasteiger partial charge in [-0.05, 0) is 44.2 Å². The third-order valence-corrected chi connectivity index (χ3v) is 5.65. The molecule has 0 saturated carbocycles. The molecule has 1 aromatic heterocycles. The Morgan fingerprint density at radius 2 is 1.85 bits per heavy atom. The van der Waals surface area contributed by atoms with Crippen LogP contribution in [0.1, 0.15) is 34.6 Å². The second-order valence-corrected chi connectivity index (χ2v) is 7.96. The molecule has 0 fully saturated rings. The number of hydrogen-bond acceptors (Lipinski definition) is 8. The van der Waals surface area contributed by atoms with Crippen LogP contribution in [0.15, 0.2) is 41.4 Å². The lowest BCUT2D eigenvalue weighted by atomic mass is 10.2. The van der Waals surface area contributed by atoms with Crippen LogP contribution in [0.2, 0.25) is 5.02 Å². The van der Waals surface area contributed by atoms with E-state index < -0.39 is 28.5 Å². The van der Waals surface area contributed by atoms with Gasteiger partial charge in [0.1, 0.15) is 12.1 Å². The predicted molar refractivity (Wildman–Crippen MR) is 120 cm³/mol. The summed E-state index contributed by atoms with van der Waals surface area (Å²) in [7, 11) is 0. The summed E-state index contributed by atoms with van der Waals surface area (Å²) in [6, 6.07) is 8.27. The number of benzene rings is 2. The van der Waals surface area contributed by atoms with Crippen molar-refractivity contribution < 1.29 is 28.8 Å².